The Labute approximate surface area is 186 Å². The van der Waals surface area contributed by atoms with Crippen molar-refractivity contribution in [2.24, 2.45) is 0 Å². The molecule has 0 aliphatic carbocycles. The van der Waals surface area contributed by atoms with Crippen LogP contribution in [-0.2, 0) is 9.53 Å². The zero-order chi connectivity index (χ0) is 23.1. The molecule has 9 nitrogen and oxygen atoms in total. The molecule has 0 unspecified atom stereocenters. The third-order valence-electron chi connectivity index (χ3n) is 4.37. The molecule has 32 heavy (non-hydrogen) atoms. The van der Waals surface area contributed by atoms with E-state index in [0.29, 0.717) is 36.2 Å². The third kappa shape index (κ3) is 5.63. The van der Waals surface area contributed by atoms with Crippen molar-refractivity contribution in [1.29, 1.82) is 0 Å². The van der Waals surface area contributed by atoms with Gasteiger partial charge in [0.2, 0.25) is 0 Å². The number of nitrogens with zero attached hydrogens (tertiary/aromatic N) is 3. The Hall–Kier alpha value is -3.88. The molecule has 1 N–H and O–H groups in total. The predicted molar refractivity (Wildman–Crippen MR) is 119 cm³/mol. The predicted octanol–water partition coefficient (Wildman–Crippen LogP) is 3.48. The summed E-state index contributed by atoms with van der Waals surface area (Å²) in [6.45, 7) is 8.08. The number of pyridine rings is 1. The molecule has 168 valence electrons. The third-order valence-corrected chi connectivity index (χ3v) is 4.37. The second-order valence-electron chi connectivity index (χ2n) is 6.90. The summed E-state index contributed by atoms with van der Waals surface area (Å²) in [4.78, 5) is 28.8. The van der Waals surface area contributed by atoms with Gasteiger partial charge in [-0.1, -0.05) is 0 Å². The smallest absolute Gasteiger partial charge is 0.340 e. The van der Waals surface area contributed by atoms with Crippen LogP contribution in [0.1, 0.15) is 35.6 Å². The fourth-order valence-electron chi connectivity index (χ4n) is 3.03. The number of hydrogen-bond acceptors (Lipinski definition) is 7. The van der Waals surface area contributed by atoms with Crippen molar-refractivity contribution < 1.29 is 23.8 Å². The van der Waals surface area contributed by atoms with Crippen molar-refractivity contribution in [2.45, 2.75) is 27.7 Å². The second-order valence-corrected chi connectivity index (χ2v) is 6.90. The molecule has 0 radical (unpaired) electrons. The molecule has 1 aromatic carbocycles. The van der Waals surface area contributed by atoms with Gasteiger partial charge in [-0.05, 0) is 58.0 Å². The molecule has 0 atom stereocenters. The summed E-state index contributed by atoms with van der Waals surface area (Å²) in [6.07, 6.45) is 1.40. The monoisotopic (exact) mass is 438 g/mol. The lowest BCUT2D eigenvalue weighted by Crippen LogP contribution is -2.21. The normalized spacial score (nSPS) is 10.5. The van der Waals surface area contributed by atoms with E-state index in [2.05, 4.69) is 15.4 Å². The van der Waals surface area contributed by atoms with Crippen LogP contribution in [0.3, 0.4) is 0 Å². The molecule has 0 aliphatic rings. The Morgan fingerprint density at radius 3 is 2.38 bits per heavy atom. The minimum atomic E-state index is -0.644. The van der Waals surface area contributed by atoms with Gasteiger partial charge < -0.3 is 19.5 Å². The first-order valence-corrected chi connectivity index (χ1v) is 10.3. The summed E-state index contributed by atoms with van der Waals surface area (Å²) >= 11 is 0. The number of aromatic nitrogens is 3. The summed E-state index contributed by atoms with van der Waals surface area (Å²) in [5, 5.41) is 7.03. The SMILES string of the molecule is CCOc1ccc(NC(=O)COC(=O)c2ccc(-n3nc(C)cc3C)nc2)cc1OCC. The Balaban J connectivity index is 1.57. The zero-order valence-electron chi connectivity index (χ0n) is 18.5. The van der Waals surface area contributed by atoms with Crippen LogP contribution < -0.4 is 14.8 Å². The molecule has 3 aromatic rings. The lowest BCUT2D eigenvalue weighted by Gasteiger charge is -2.13. The van der Waals surface area contributed by atoms with E-state index in [4.69, 9.17) is 14.2 Å². The minimum absolute atomic E-state index is 0.239. The number of nitrogens with one attached hydrogen (secondary N) is 1. The van der Waals surface area contributed by atoms with Crippen LogP contribution in [0.5, 0.6) is 11.5 Å². The van der Waals surface area contributed by atoms with Crippen LogP contribution >= 0.6 is 0 Å². The molecule has 1 amide bonds. The van der Waals surface area contributed by atoms with Crippen LogP contribution in [0.25, 0.3) is 5.82 Å². The van der Waals surface area contributed by atoms with Gasteiger partial charge in [0, 0.05) is 23.6 Å². The van der Waals surface area contributed by atoms with Crippen molar-refractivity contribution in [3.63, 3.8) is 0 Å². The van der Waals surface area contributed by atoms with Crippen LogP contribution in [0.15, 0.2) is 42.6 Å². The zero-order valence-corrected chi connectivity index (χ0v) is 18.5. The summed E-state index contributed by atoms with van der Waals surface area (Å²) in [5.41, 5.74) is 2.56. The number of hydrogen-bond donors (Lipinski definition) is 1. The van der Waals surface area contributed by atoms with E-state index >= 15 is 0 Å². The van der Waals surface area contributed by atoms with Gasteiger partial charge in [-0.3, -0.25) is 4.79 Å². The average Bonchev–Trinajstić information content (AvgIpc) is 3.12. The van der Waals surface area contributed by atoms with E-state index in [1.165, 1.54) is 6.20 Å². The van der Waals surface area contributed by atoms with Crippen LogP contribution in [0.2, 0.25) is 0 Å². The first kappa shape index (κ1) is 22.8. The number of carbonyl (C=O) groups is 2. The standard InChI is InChI=1S/C23H26N4O5/c1-5-30-19-9-8-18(12-20(19)31-6-2)25-22(28)14-32-23(29)17-7-10-21(24-13-17)27-16(4)11-15(3)26-27/h7-13H,5-6,14H2,1-4H3,(H,25,28). The molecule has 9 heteroatoms. The van der Waals surface area contributed by atoms with Gasteiger partial charge in [0.25, 0.3) is 5.91 Å². The van der Waals surface area contributed by atoms with E-state index in [1.54, 1.807) is 35.0 Å². The van der Waals surface area contributed by atoms with Crippen LogP contribution in [-0.4, -0.2) is 46.5 Å². The van der Waals surface area contributed by atoms with Crippen molar-refractivity contribution in [1.82, 2.24) is 14.8 Å². The van der Waals surface area contributed by atoms with Crippen molar-refractivity contribution in [3.8, 4) is 17.3 Å². The molecule has 3 rings (SSSR count). The largest absolute Gasteiger partial charge is 0.490 e. The topological polar surface area (TPSA) is 105 Å². The van der Waals surface area contributed by atoms with E-state index in [9.17, 15) is 9.59 Å². The molecule has 2 heterocycles. The fourth-order valence-corrected chi connectivity index (χ4v) is 3.03. The minimum Gasteiger partial charge on any atom is -0.490 e. The summed E-state index contributed by atoms with van der Waals surface area (Å²) < 4.78 is 17.8. The number of benzene rings is 1. The van der Waals surface area contributed by atoms with Crippen molar-refractivity contribution in [2.75, 3.05) is 25.1 Å². The van der Waals surface area contributed by atoms with Gasteiger partial charge in [-0.25, -0.2) is 14.5 Å². The van der Waals surface area contributed by atoms with Crippen LogP contribution in [0.4, 0.5) is 5.69 Å². The highest BCUT2D eigenvalue weighted by molar-refractivity contribution is 5.95. The van der Waals surface area contributed by atoms with Gasteiger partial charge >= 0.3 is 5.97 Å². The van der Waals surface area contributed by atoms with Gasteiger partial charge in [-0.2, -0.15) is 5.10 Å². The maximum atomic E-state index is 12.3. The van der Waals surface area contributed by atoms with E-state index < -0.39 is 18.5 Å². The molecule has 0 spiro atoms. The molecule has 2 aromatic heterocycles. The molecular formula is C23H26N4O5. The Morgan fingerprint density at radius 2 is 1.75 bits per heavy atom. The molecule has 0 saturated carbocycles. The van der Waals surface area contributed by atoms with E-state index in [1.807, 2.05) is 33.8 Å². The van der Waals surface area contributed by atoms with E-state index in [-0.39, 0.29) is 5.56 Å². The summed E-state index contributed by atoms with van der Waals surface area (Å²) in [7, 11) is 0. The summed E-state index contributed by atoms with van der Waals surface area (Å²) in [5.74, 6) is 0.588. The lowest BCUT2D eigenvalue weighted by molar-refractivity contribution is -0.119. The molecule has 0 saturated heterocycles. The number of esters is 1. The number of amides is 1. The maximum absolute atomic E-state index is 12.3. The van der Waals surface area contributed by atoms with E-state index in [0.717, 1.165) is 11.4 Å². The first-order valence-electron chi connectivity index (χ1n) is 10.3. The van der Waals surface area contributed by atoms with Crippen LogP contribution in [0, 0.1) is 13.8 Å². The fraction of sp³-hybridized carbons (Fsp3) is 0.304. The number of aryl methyl sites for hydroxylation is 2. The Morgan fingerprint density at radius 1 is 1.00 bits per heavy atom. The summed E-state index contributed by atoms with van der Waals surface area (Å²) in [6, 6.07) is 10.3. The molecule has 0 fully saturated rings. The molecular weight excluding hydrogens is 412 g/mol. The van der Waals surface area contributed by atoms with Crippen molar-refractivity contribution in [3.05, 3.63) is 59.5 Å². The number of anilines is 1. The number of carbonyl (C=O) groups excluding carboxylic acids is 2. The lowest BCUT2D eigenvalue weighted by atomic mass is 10.2. The van der Waals surface area contributed by atoms with Gasteiger partial charge in [0.05, 0.1) is 24.5 Å². The van der Waals surface area contributed by atoms with Gasteiger partial charge in [0.1, 0.15) is 0 Å². The van der Waals surface area contributed by atoms with Crippen molar-refractivity contribution >= 4 is 17.6 Å². The highest BCUT2D eigenvalue weighted by Crippen LogP contribution is 2.30. The first-order chi connectivity index (χ1) is 15.4. The molecule has 0 bridgehead atoms. The highest BCUT2D eigenvalue weighted by atomic mass is 16.5. The molecule has 0 aliphatic heterocycles. The van der Waals surface area contributed by atoms with Gasteiger partial charge in [-0.15, -0.1) is 0 Å². The number of rotatable bonds is 9. The average molecular weight is 438 g/mol. The Kier molecular flexibility index (Phi) is 7.43. The number of ether oxygens (including phenoxy) is 3. The quantitative estimate of drug-likeness (QED) is 0.510. The Bertz CT molecular complexity index is 1090. The van der Waals surface area contributed by atoms with Gasteiger partial charge in [0.15, 0.2) is 23.9 Å². The second kappa shape index (κ2) is 10.4. The maximum Gasteiger partial charge on any atom is 0.340 e. The highest BCUT2D eigenvalue weighted by Gasteiger charge is 2.13.